The molecule has 0 saturated heterocycles. The van der Waals surface area contributed by atoms with Crippen LogP contribution in [0, 0.1) is 5.82 Å². The largest absolute Gasteiger partial charge is 0.495 e. The van der Waals surface area contributed by atoms with Crippen LogP contribution < -0.4 is 4.74 Å². The van der Waals surface area contributed by atoms with Gasteiger partial charge in [-0.15, -0.1) is 0 Å². The van der Waals surface area contributed by atoms with Gasteiger partial charge in [-0.25, -0.2) is 12.8 Å². The molecule has 1 aromatic carbocycles. The maximum atomic E-state index is 13.7. The summed E-state index contributed by atoms with van der Waals surface area (Å²) in [5.41, 5.74) is -0.139. The Hall–Kier alpha value is -0.890. The number of halogens is 2. The molecule has 0 atom stereocenters. The lowest BCUT2D eigenvalue weighted by molar-refractivity contribution is 0.190. The summed E-state index contributed by atoms with van der Waals surface area (Å²) in [6, 6.07) is 1.80. The predicted molar refractivity (Wildman–Crippen MR) is 62.9 cm³/mol. The second kappa shape index (κ2) is 5.83. The number of aliphatic hydroxyl groups is 2. The highest BCUT2D eigenvalue weighted by molar-refractivity contribution is 8.13. The Kier molecular flexibility index (Phi) is 4.92. The van der Waals surface area contributed by atoms with Crippen LogP contribution in [0.2, 0.25) is 0 Å². The van der Waals surface area contributed by atoms with Crippen molar-refractivity contribution in [1.82, 2.24) is 0 Å². The van der Waals surface area contributed by atoms with Gasteiger partial charge >= 0.3 is 0 Å². The summed E-state index contributed by atoms with van der Waals surface area (Å²) in [6.45, 7) is -1.05. The minimum atomic E-state index is -4.12. The zero-order valence-corrected chi connectivity index (χ0v) is 11.0. The fourth-order valence-corrected chi connectivity index (χ4v) is 2.48. The first-order valence-corrected chi connectivity index (χ1v) is 7.19. The summed E-state index contributed by atoms with van der Waals surface area (Å²) in [5, 5.41) is 18.0. The summed E-state index contributed by atoms with van der Waals surface area (Å²) >= 11 is 0. The molecule has 0 fully saturated rings. The lowest BCUT2D eigenvalue weighted by Crippen LogP contribution is -2.12. The lowest BCUT2D eigenvalue weighted by atomic mass is 10.0. The van der Waals surface area contributed by atoms with Crippen molar-refractivity contribution < 1.29 is 27.8 Å². The highest BCUT2D eigenvalue weighted by atomic mass is 35.7. The molecule has 0 amide bonds. The summed E-state index contributed by atoms with van der Waals surface area (Å²) < 4.78 is 41.0. The minimum absolute atomic E-state index is 0.139. The maximum Gasteiger partial charge on any atom is 0.264 e. The normalized spacial score (nSPS) is 11.9. The molecule has 0 aliphatic rings. The molecule has 8 heteroatoms. The zero-order valence-electron chi connectivity index (χ0n) is 9.43. The van der Waals surface area contributed by atoms with Crippen LogP contribution in [0.3, 0.4) is 0 Å². The van der Waals surface area contributed by atoms with Crippen molar-refractivity contribution in [3.63, 3.8) is 0 Å². The van der Waals surface area contributed by atoms with Gasteiger partial charge in [0, 0.05) is 22.7 Å². The van der Waals surface area contributed by atoms with Gasteiger partial charge in [-0.05, 0) is 11.6 Å². The second-order valence-corrected chi connectivity index (χ2v) is 6.06. The maximum absolute atomic E-state index is 13.7. The van der Waals surface area contributed by atoms with E-state index in [1.807, 2.05) is 0 Å². The molecule has 0 aliphatic heterocycles. The molecule has 102 valence electrons. The Morgan fingerprint density at radius 2 is 1.94 bits per heavy atom. The summed E-state index contributed by atoms with van der Waals surface area (Å²) in [6.07, 6.45) is 0. The van der Waals surface area contributed by atoms with Crippen molar-refractivity contribution in [3.8, 4) is 5.75 Å². The van der Waals surface area contributed by atoms with Crippen LogP contribution in [-0.4, -0.2) is 39.0 Å². The van der Waals surface area contributed by atoms with Gasteiger partial charge in [-0.3, -0.25) is 0 Å². The molecular formula is C10H12ClFO5S. The van der Waals surface area contributed by atoms with E-state index in [9.17, 15) is 12.8 Å². The molecule has 1 rings (SSSR count). The molecule has 2 N–H and O–H groups in total. The average molecular weight is 299 g/mol. The highest BCUT2D eigenvalue weighted by Crippen LogP contribution is 2.32. The van der Waals surface area contributed by atoms with Crippen molar-refractivity contribution in [2.75, 3.05) is 20.3 Å². The third-order valence-corrected chi connectivity index (χ3v) is 3.77. The number of ether oxygens (including phenoxy) is 1. The monoisotopic (exact) mass is 298 g/mol. The van der Waals surface area contributed by atoms with Gasteiger partial charge in [-0.1, -0.05) is 0 Å². The standard InChI is InChI=1S/C10H12ClFO5S/c1-17-9-3-8(12)7(6(4-13)5-14)2-10(9)18(11,15)16/h2-3,6,13-14H,4-5H2,1H3. The van der Waals surface area contributed by atoms with E-state index >= 15 is 0 Å². The van der Waals surface area contributed by atoms with E-state index in [2.05, 4.69) is 0 Å². The first kappa shape index (κ1) is 15.2. The topological polar surface area (TPSA) is 83.8 Å². The van der Waals surface area contributed by atoms with E-state index in [1.165, 1.54) is 7.11 Å². The zero-order chi connectivity index (χ0) is 13.9. The quantitative estimate of drug-likeness (QED) is 0.787. The number of benzene rings is 1. The van der Waals surface area contributed by atoms with Gasteiger partial charge in [0.25, 0.3) is 9.05 Å². The predicted octanol–water partition coefficient (Wildman–Crippen LogP) is 0.830. The van der Waals surface area contributed by atoms with Gasteiger partial charge < -0.3 is 14.9 Å². The SMILES string of the molecule is COc1cc(F)c(C(CO)CO)cc1S(=O)(=O)Cl. The molecule has 5 nitrogen and oxygen atoms in total. The summed E-state index contributed by atoms with van der Waals surface area (Å²) in [5.74, 6) is -1.95. The second-order valence-electron chi connectivity index (χ2n) is 3.52. The van der Waals surface area contributed by atoms with Gasteiger partial charge in [0.05, 0.1) is 20.3 Å². The van der Waals surface area contributed by atoms with Crippen LogP contribution in [0.4, 0.5) is 4.39 Å². The van der Waals surface area contributed by atoms with Crippen molar-refractivity contribution in [3.05, 3.63) is 23.5 Å². The van der Waals surface area contributed by atoms with E-state index in [4.69, 9.17) is 25.6 Å². The van der Waals surface area contributed by atoms with Crippen LogP contribution in [0.15, 0.2) is 17.0 Å². The van der Waals surface area contributed by atoms with Gasteiger partial charge in [-0.2, -0.15) is 0 Å². The lowest BCUT2D eigenvalue weighted by Gasteiger charge is -2.15. The molecule has 0 radical (unpaired) electrons. The Labute approximate surface area is 108 Å². The minimum Gasteiger partial charge on any atom is -0.495 e. The Morgan fingerprint density at radius 1 is 1.39 bits per heavy atom. The number of aliphatic hydroxyl groups excluding tert-OH is 2. The number of rotatable bonds is 5. The van der Waals surface area contributed by atoms with Gasteiger partial charge in [0.15, 0.2) is 0 Å². The number of hydrogen-bond acceptors (Lipinski definition) is 5. The van der Waals surface area contributed by atoms with Crippen LogP contribution in [0.5, 0.6) is 5.75 Å². The molecule has 0 heterocycles. The average Bonchev–Trinajstić information content (AvgIpc) is 2.30. The first-order valence-electron chi connectivity index (χ1n) is 4.89. The molecule has 0 bridgehead atoms. The van der Waals surface area contributed by atoms with Crippen LogP contribution in [-0.2, 0) is 9.05 Å². The molecule has 0 aliphatic carbocycles. The van der Waals surface area contributed by atoms with Crippen molar-refractivity contribution in [1.29, 1.82) is 0 Å². The summed E-state index contributed by atoms with van der Waals surface area (Å²) in [4.78, 5) is -0.407. The Morgan fingerprint density at radius 3 is 2.33 bits per heavy atom. The van der Waals surface area contributed by atoms with Crippen LogP contribution in [0.1, 0.15) is 11.5 Å². The smallest absolute Gasteiger partial charge is 0.264 e. The Balaban J connectivity index is 3.48. The fourth-order valence-electron chi connectivity index (χ4n) is 1.47. The number of methoxy groups -OCH3 is 1. The summed E-state index contributed by atoms with van der Waals surface area (Å²) in [7, 11) is 2.26. The third-order valence-electron chi connectivity index (χ3n) is 2.43. The van der Waals surface area contributed by atoms with E-state index < -0.39 is 38.9 Å². The number of hydrogen-bond donors (Lipinski definition) is 2. The molecule has 0 spiro atoms. The molecule has 1 aromatic rings. The van der Waals surface area contributed by atoms with Gasteiger partial charge in [0.1, 0.15) is 16.5 Å². The van der Waals surface area contributed by atoms with Crippen molar-refractivity contribution in [2.24, 2.45) is 0 Å². The molecule has 0 unspecified atom stereocenters. The van der Waals surface area contributed by atoms with Crippen molar-refractivity contribution in [2.45, 2.75) is 10.8 Å². The van der Waals surface area contributed by atoms with E-state index in [0.717, 1.165) is 12.1 Å². The van der Waals surface area contributed by atoms with E-state index in [-0.39, 0.29) is 11.3 Å². The van der Waals surface area contributed by atoms with Crippen LogP contribution >= 0.6 is 10.7 Å². The highest BCUT2D eigenvalue weighted by Gasteiger charge is 2.23. The first-order chi connectivity index (χ1) is 8.35. The Bertz CT molecular complexity index is 527. The fraction of sp³-hybridized carbons (Fsp3) is 0.400. The van der Waals surface area contributed by atoms with Gasteiger partial charge in [0.2, 0.25) is 0 Å². The molecule has 0 aromatic heterocycles. The van der Waals surface area contributed by atoms with E-state index in [0.29, 0.717) is 0 Å². The molecular weight excluding hydrogens is 287 g/mol. The van der Waals surface area contributed by atoms with Crippen LogP contribution in [0.25, 0.3) is 0 Å². The van der Waals surface area contributed by atoms with E-state index in [1.54, 1.807) is 0 Å². The third kappa shape index (κ3) is 3.11. The van der Waals surface area contributed by atoms with Crippen molar-refractivity contribution >= 4 is 19.7 Å². The molecule has 0 saturated carbocycles. The molecule has 18 heavy (non-hydrogen) atoms.